The van der Waals surface area contributed by atoms with E-state index < -0.39 is 17.2 Å². The number of nitrogens with two attached hydrogens (primary N) is 1. The van der Waals surface area contributed by atoms with Gasteiger partial charge in [-0.25, -0.2) is 8.78 Å². The topological polar surface area (TPSA) is 50.8 Å². The number of hydrogen-bond acceptors (Lipinski definition) is 4. The molecule has 21 heavy (non-hydrogen) atoms. The van der Waals surface area contributed by atoms with Crippen molar-refractivity contribution >= 4 is 5.96 Å². The Morgan fingerprint density at radius 1 is 1.43 bits per heavy atom. The van der Waals surface area contributed by atoms with Crippen LogP contribution in [-0.4, -0.2) is 36.7 Å². The molecule has 1 aromatic carbocycles. The summed E-state index contributed by atoms with van der Waals surface area (Å²) in [6, 6.07) is 3.97. The molecule has 3 rings (SSSR count). The second-order valence-electron chi connectivity index (χ2n) is 5.82. The summed E-state index contributed by atoms with van der Waals surface area (Å²) < 4.78 is 32.3. The second-order valence-corrected chi connectivity index (χ2v) is 5.82. The van der Waals surface area contributed by atoms with Gasteiger partial charge < -0.3 is 15.4 Å². The molecule has 2 N–H and O–H groups in total. The Hall–Kier alpha value is -1.69. The van der Waals surface area contributed by atoms with Crippen LogP contribution in [0.15, 0.2) is 23.2 Å². The van der Waals surface area contributed by atoms with E-state index >= 15 is 0 Å². The molecular formula is C15H19F2N3O. The second kappa shape index (κ2) is 5.26. The average molecular weight is 295 g/mol. The molecule has 0 bridgehead atoms. The van der Waals surface area contributed by atoms with Crippen LogP contribution in [0, 0.1) is 11.6 Å². The Labute approximate surface area is 122 Å². The number of nitrogens with zero attached hydrogens (tertiary/aromatic N) is 2. The van der Waals surface area contributed by atoms with Crippen LogP contribution >= 0.6 is 0 Å². The van der Waals surface area contributed by atoms with Gasteiger partial charge in [-0.1, -0.05) is 6.07 Å². The van der Waals surface area contributed by atoms with Crippen LogP contribution in [0.3, 0.4) is 0 Å². The van der Waals surface area contributed by atoms with E-state index in [9.17, 15) is 8.78 Å². The Morgan fingerprint density at radius 2 is 2.24 bits per heavy atom. The van der Waals surface area contributed by atoms with Crippen molar-refractivity contribution in [2.75, 3.05) is 19.7 Å². The predicted molar refractivity (Wildman–Crippen MR) is 75.9 cm³/mol. The largest absolute Gasteiger partial charge is 0.376 e. The number of halogens is 2. The van der Waals surface area contributed by atoms with E-state index in [1.807, 2.05) is 11.8 Å². The van der Waals surface area contributed by atoms with E-state index in [4.69, 9.17) is 10.5 Å². The van der Waals surface area contributed by atoms with E-state index in [1.54, 1.807) is 6.07 Å². The summed E-state index contributed by atoms with van der Waals surface area (Å²) in [6.45, 7) is 3.75. The Kier molecular flexibility index (Phi) is 3.57. The number of hydrogen-bond donors (Lipinski definition) is 1. The zero-order valence-electron chi connectivity index (χ0n) is 12.0. The summed E-state index contributed by atoms with van der Waals surface area (Å²) in [6.07, 6.45) is 2.14. The summed E-state index contributed by atoms with van der Waals surface area (Å²) in [5, 5.41) is 0. The van der Waals surface area contributed by atoms with Crippen LogP contribution in [-0.2, 0) is 10.3 Å². The maximum absolute atomic E-state index is 13.5. The highest BCUT2D eigenvalue weighted by atomic mass is 19.2. The number of guanidine groups is 1. The first-order valence-electron chi connectivity index (χ1n) is 7.15. The van der Waals surface area contributed by atoms with Crippen molar-refractivity contribution in [3.05, 3.63) is 35.4 Å². The molecule has 0 radical (unpaired) electrons. The maximum Gasteiger partial charge on any atom is 0.192 e. The maximum atomic E-state index is 13.5. The molecule has 2 aliphatic rings. The zero-order chi connectivity index (χ0) is 15.0. The summed E-state index contributed by atoms with van der Waals surface area (Å²) in [5.41, 5.74) is 6.10. The van der Waals surface area contributed by atoms with Gasteiger partial charge in [-0.05, 0) is 37.5 Å². The predicted octanol–water partition coefficient (Wildman–Crippen LogP) is 1.99. The smallest absolute Gasteiger partial charge is 0.192 e. The summed E-state index contributed by atoms with van der Waals surface area (Å²) in [4.78, 5) is 6.23. The van der Waals surface area contributed by atoms with Gasteiger partial charge in [-0.3, -0.25) is 4.99 Å². The van der Waals surface area contributed by atoms with Crippen molar-refractivity contribution < 1.29 is 13.5 Å². The summed E-state index contributed by atoms with van der Waals surface area (Å²) in [7, 11) is 0. The van der Waals surface area contributed by atoms with Crippen LogP contribution in [0.4, 0.5) is 8.78 Å². The molecule has 2 unspecified atom stereocenters. The van der Waals surface area contributed by atoms with Gasteiger partial charge in [0.25, 0.3) is 0 Å². The molecule has 2 heterocycles. The van der Waals surface area contributed by atoms with E-state index in [-0.39, 0.29) is 6.10 Å². The molecule has 0 aromatic heterocycles. The van der Waals surface area contributed by atoms with Gasteiger partial charge in [-0.2, -0.15) is 0 Å². The average Bonchev–Trinajstić information content (AvgIpc) is 3.06. The van der Waals surface area contributed by atoms with Gasteiger partial charge in [0, 0.05) is 13.2 Å². The van der Waals surface area contributed by atoms with Gasteiger partial charge in [-0.15, -0.1) is 0 Å². The lowest BCUT2D eigenvalue weighted by Crippen LogP contribution is -2.50. The van der Waals surface area contributed by atoms with Crippen LogP contribution in [0.1, 0.15) is 25.3 Å². The van der Waals surface area contributed by atoms with Crippen LogP contribution in [0.2, 0.25) is 0 Å². The van der Waals surface area contributed by atoms with Gasteiger partial charge in [0.1, 0.15) is 0 Å². The van der Waals surface area contributed by atoms with Crippen molar-refractivity contribution in [3.63, 3.8) is 0 Å². The highest BCUT2D eigenvalue weighted by Gasteiger charge is 2.41. The lowest BCUT2D eigenvalue weighted by molar-refractivity contribution is 0.0689. The van der Waals surface area contributed by atoms with Crippen LogP contribution < -0.4 is 5.73 Å². The Balaban J connectivity index is 1.88. The third-order valence-corrected chi connectivity index (χ3v) is 4.37. The molecule has 0 saturated carbocycles. The molecule has 1 aromatic rings. The monoisotopic (exact) mass is 295 g/mol. The highest BCUT2D eigenvalue weighted by molar-refractivity contribution is 5.81. The fourth-order valence-electron chi connectivity index (χ4n) is 3.02. The van der Waals surface area contributed by atoms with Crippen molar-refractivity contribution in [3.8, 4) is 0 Å². The van der Waals surface area contributed by atoms with E-state index in [0.29, 0.717) is 24.6 Å². The molecule has 0 aliphatic carbocycles. The number of aliphatic imine (C=N–C) groups is 1. The first-order chi connectivity index (χ1) is 10.0. The van der Waals surface area contributed by atoms with Gasteiger partial charge in [0.2, 0.25) is 0 Å². The molecule has 2 atom stereocenters. The molecule has 114 valence electrons. The molecule has 1 fully saturated rings. The van der Waals surface area contributed by atoms with E-state index in [2.05, 4.69) is 4.99 Å². The molecular weight excluding hydrogens is 276 g/mol. The fraction of sp³-hybridized carbons (Fsp3) is 0.533. The van der Waals surface area contributed by atoms with Crippen LogP contribution in [0.25, 0.3) is 0 Å². The van der Waals surface area contributed by atoms with E-state index in [1.165, 1.54) is 6.07 Å². The Morgan fingerprint density at radius 3 is 2.90 bits per heavy atom. The number of benzene rings is 1. The van der Waals surface area contributed by atoms with Crippen LogP contribution in [0.5, 0.6) is 0 Å². The van der Waals surface area contributed by atoms with Crippen molar-refractivity contribution in [2.24, 2.45) is 10.7 Å². The minimum Gasteiger partial charge on any atom is -0.376 e. The first-order valence-corrected chi connectivity index (χ1v) is 7.15. The van der Waals surface area contributed by atoms with Gasteiger partial charge in [0.05, 0.1) is 18.2 Å². The molecule has 0 spiro atoms. The number of rotatable bonds is 3. The highest BCUT2D eigenvalue weighted by Crippen LogP contribution is 2.34. The molecule has 6 heteroatoms. The first kappa shape index (κ1) is 14.3. The van der Waals surface area contributed by atoms with Crippen molar-refractivity contribution in [1.82, 2.24) is 4.90 Å². The van der Waals surface area contributed by atoms with E-state index in [0.717, 1.165) is 25.5 Å². The molecule has 2 aliphatic heterocycles. The molecule has 4 nitrogen and oxygen atoms in total. The SMILES string of the molecule is CC1(c2ccc(F)c(F)c2)CN=C(N)N1CC1CCCO1. The van der Waals surface area contributed by atoms with Crippen molar-refractivity contribution in [2.45, 2.75) is 31.4 Å². The van der Waals surface area contributed by atoms with Gasteiger partial charge in [0.15, 0.2) is 17.6 Å². The zero-order valence-corrected chi connectivity index (χ0v) is 12.0. The minimum atomic E-state index is -0.851. The third-order valence-electron chi connectivity index (χ3n) is 4.37. The van der Waals surface area contributed by atoms with Gasteiger partial charge >= 0.3 is 0 Å². The molecule has 0 amide bonds. The minimum absolute atomic E-state index is 0.112. The standard InChI is InChI=1S/C15H19F2N3O/c1-15(10-4-5-12(16)13(17)7-10)9-19-14(18)20(15)8-11-3-2-6-21-11/h4-5,7,11H,2-3,6,8-9H2,1H3,(H2,18,19). The lowest BCUT2D eigenvalue weighted by atomic mass is 9.90. The fourth-order valence-corrected chi connectivity index (χ4v) is 3.02. The lowest BCUT2D eigenvalue weighted by Gasteiger charge is -2.38. The van der Waals surface area contributed by atoms with Crippen molar-refractivity contribution in [1.29, 1.82) is 0 Å². The summed E-state index contributed by atoms with van der Waals surface area (Å²) in [5.74, 6) is -1.27. The quantitative estimate of drug-likeness (QED) is 0.928. The number of ether oxygens (including phenoxy) is 1. The normalized spacial score (nSPS) is 29.0. The molecule has 1 saturated heterocycles. The Bertz CT molecular complexity index is 572. The third kappa shape index (κ3) is 2.48. The summed E-state index contributed by atoms with van der Waals surface area (Å²) >= 11 is 0.